The topological polar surface area (TPSA) is 80.0 Å². The van der Waals surface area contributed by atoms with Crippen molar-refractivity contribution in [3.8, 4) is 0 Å². The summed E-state index contributed by atoms with van der Waals surface area (Å²) in [5, 5.41) is 9.82. The van der Waals surface area contributed by atoms with Gasteiger partial charge < -0.3 is 15.2 Å². The minimum absolute atomic E-state index is 0.108. The van der Waals surface area contributed by atoms with Crippen molar-refractivity contribution >= 4 is 5.91 Å². The SMILES string of the molecule is Cc1noc(CNC2CCCNC(=O)C2)n1. The zero-order valence-corrected chi connectivity index (χ0v) is 9.32. The third-order valence-corrected chi connectivity index (χ3v) is 2.59. The van der Waals surface area contributed by atoms with E-state index in [1.54, 1.807) is 6.92 Å². The van der Waals surface area contributed by atoms with Crippen LogP contribution >= 0.6 is 0 Å². The first kappa shape index (κ1) is 11.1. The van der Waals surface area contributed by atoms with Gasteiger partial charge in [-0.15, -0.1) is 0 Å². The summed E-state index contributed by atoms with van der Waals surface area (Å²) in [6.07, 6.45) is 2.52. The molecule has 1 atom stereocenters. The highest BCUT2D eigenvalue weighted by atomic mass is 16.5. The molecule has 1 aliphatic rings. The van der Waals surface area contributed by atoms with E-state index in [1.807, 2.05) is 0 Å². The molecule has 1 aromatic heterocycles. The summed E-state index contributed by atoms with van der Waals surface area (Å²) in [5.74, 6) is 1.31. The zero-order valence-electron chi connectivity index (χ0n) is 9.32. The molecule has 0 spiro atoms. The summed E-state index contributed by atoms with van der Waals surface area (Å²) in [6, 6.07) is 0.203. The van der Waals surface area contributed by atoms with Gasteiger partial charge in [-0.3, -0.25) is 4.79 Å². The smallest absolute Gasteiger partial charge is 0.240 e. The van der Waals surface area contributed by atoms with E-state index in [2.05, 4.69) is 20.8 Å². The number of hydrogen-bond acceptors (Lipinski definition) is 5. The summed E-state index contributed by atoms with van der Waals surface area (Å²) < 4.78 is 4.99. The quantitative estimate of drug-likeness (QED) is 0.763. The molecule has 1 fully saturated rings. The van der Waals surface area contributed by atoms with E-state index >= 15 is 0 Å². The van der Waals surface area contributed by atoms with Crippen molar-refractivity contribution in [3.63, 3.8) is 0 Å². The minimum atomic E-state index is 0.108. The van der Waals surface area contributed by atoms with E-state index in [4.69, 9.17) is 4.52 Å². The summed E-state index contributed by atoms with van der Waals surface area (Å²) in [7, 11) is 0. The van der Waals surface area contributed by atoms with Crippen molar-refractivity contribution in [1.29, 1.82) is 0 Å². The average Bonchev–Trinajstić information content (AvgIpc) is 2.55. The number of aromatic nitrogens is 2. The molecule has 1 aliphatic heterocycles. The van der Waals surface area contributed by atoms with E-state index in [-0.39, 0.29) is 11.9 Å². The lowest BCUT2D eigenvalue weighted by atomic mass is 10.1. The summed E-state index contributed by atoms with van der Waals surface area (Å²) >= 11 is 0. The highest BCUT2D eigenvalue weighted by Crippen LogP contribution is 2.07. The number of amides is 1. The predicted octanol–water partition coefficient (Wildman–Crippen LogP) is 0.136. The average molecular weight is 224 g/mol. The Balaban J connectivity index is 1.82. The monoisotopic (exact) mass is 224 g/mol. The van der Waals surface area contributed by atoms with E-state index in [0.717, 1.165) is 19.4 Å². The van der Waals surface area contributed by atoms with Gasteiger partial charge in [-0.2, -0.15) is 4.98 Å². The first-order chi connectivity index (χ1) is 7.74. The van der Waals surface area contributed by atoms with Crippen LogP contribution < -0.4 is 10.6 Å². The van der Waals surface area contributed by atoms with Crippen molar-refractivity contribution < 1.29 is 9.32 Å². The Morgan fingerprint density at radius 3 is 3.25 bits per heavy atom. The molecule has 6 heteroatoms. The standard InChI is InChI=1S/C10H16N4O2/c1-7-13-10(16-14-7)6-12-8-3-2-4-11-9(15)5-8/h8,12H,2-6H2,1H3,(H,11,15). The largest absolute Gasteiger partial charge is 0.356 e. The van der Waals surface area contributed by atoms with Crippen LogP contribution in [0.5, 0.6) is 0 Å². The Morgan fingerprint density at radius 1 is 1.62 bits per heavy atom. The van der Waals surface area contributed by atoms with Crippen LogP contribution in [0, 0.1) is 6.92 Å². The van der Waals surface area contributed by atoms with Crippen LogP contribution in [-0.2, 0) is 11.3 Å². The van der Waals surface area contributed by atoms with Gasteiger partial charge in [-0.25, -0.2) is 0 Å². The maximum atomic E-state index is 11.3. The Hall–Kier alpha value is -1.43. The predicted molar refractivity (Wildman–Crippen MR) is 56.5 cm³/mol. The second kappa shape index (κ2) is 5.07. The van der Waals surface area contributed by atoms with Gasteiger partial charge in [-0.1, -0.05) is 5.16 Å². The number of nitrogens with one attached hydrogen (secondary N) is 2. The molecule has 1 aromatic rings. The highest BCUT2D eigenvalue weighted by molar-refractivity contribution is 5.76. The Bertz CT molecular complexity index is 363. The molecule has 2 rings (SSSR count). The first-order valence-corrected chi connectivity index (χ1v) is 5.53. The third kappa shape index (κ3) is 3.03. The van der Waals surface area contributed by atoms with Gasteiger partial charge in [-0.05, 0) is 19.8 Å². The third-order valence-electron chi connectivity index (χ3n) is 2.59. The van der Waals surface area contributed by atoms with Crippen LogP contribution in [0.1, 0.15) is 31.0 Å². The van der Waals surface area contributed by atoms with Crippen molar-refractivity contribution in [2.45, 2.75) is 38.8 Å². The van der Waals surface area contributed by atoms with Crippen LogP contribution in [0.4, 0.5) is 0 Å². The number of carbonyl (C=O) groups is 1. The number of rotatable bonds is 3. The van der Waals surface area contributed by atoms with Crippen molar-refractivity contribution in [3.05, 3.63) is 11.7 Å². The molecular formula is C10H16N4O2. The molecule has 1 saturated heterocycles. The van der Waals surface area contributed by atoms with Gasteiger partial charge in [0, 0.05) is 19.0 Å². The van der Waals surface area contributed by atoms with Crippen LogP contribution in [0.25, 0.3) is 0 Å². The second-order valence-electron chi connectivity index (χ2n) is 4.01. The molecule has 0 bridgehead atoms. The van der Waals surface area contributed by atoms with Gasteiger partial charge in [0.2, 0.25) is 11.8 Å². The van der Waals surface area contributed by atoms with Crippen molar-refractivity contribution in [2.75, 3.05) is 6.54 Å². The maximum Gasteiger partial charge on any atom is 0.240 e. The molecule has 0 aromatic carbocycles. The molecule has 0 saturated carbocycles. The number of aryl methyl sites for hydroxylation is 1. The lowest BCUT2D eigenvalue weighted by Gasteiger charge is -2.12. The zero-order chi connectivity index (χ0) is 11.4. The van der Waals surface area contributed by atoms with E-state index in [0.29, 0.717) is 24.7 Å². The Morgan fingerprint density at radius 2 is 2.50 bits per heavy atom. The Kier molecular flexibility index (Phi) is 3.51. The minimum Gasteiger partial charge on any atom is -0.356 e. The van der Waals surface area contributed by atoms with Crippen LogP contribution in [0.2, 0.25) is 0 Å². The fourth-order valence-corrected chi connectivity index (χ4v) is 1.79. The first-order valence-electron chi connectivity index (χ1n) is 5.53. The molecule has 2 N–H and O–H groups in total. The normalized spacial score (nSPS) is 21.6. The van der Waals surface area contributed by atoms with E-state index < -0.39 is 0 Å². The fraction of sp³-hybridized carbons (Fsp3) is 0.700. The van der Waals surface area contributed by atoms with Crippen molar-refractivity contribution in [1.82, 2.24) is 20.8 Å². The lowest BCUT2D eigenvalue weighted by Crippen LogP contribution is -2.32. The molecule has 0 radical (unpaired) electrons. The Labute approximate surface area is 93.8 Å². The number of carbonyl (C=O) groups excluding carboxylic acids is 1. The second-order valence-corrected chi connectivity index (χ2v) is 4.01. The van der Waals surface area contributed by atoms with Crippen LogP contribution in [-0.4, -0.2) is 28.6 Å². The summed E-state index contributed by atoms with van der Waals surface area (Å²) in [4.78, 5) is 15.4. The van der Waals surface area contributed by atoms with Crippen LogP contribution in [0.3, 0.4) is 0 Å². The molecule has 16 heavy (non-hydrogen) atoms. The van der Waals surface area contributed by atoms with Gasteiger partial charge in [0.05, 0.1) is 6.54 Å². The lowest BCUT2D eigenvalue weighted by molar-refractivity contribution is -0.121. The fourth-order valence-electron chi connectivity index (χ4n) is 1.79. The summed E-state index contributed by atoms with van der Waals surface area (Å²) in [5.41, 5.74) is 0. The molecule has 0 aliphatic carbocycles. The molecule has 6 nitrogen and oxygen atoms in total. The molecule has 1 amide bonds. The van der Waals surface area contributed by atoms with E-state index in [1.165, 1.54) is 0 Å². The van der Waals surface area contributed by atoms with Crippen molar-refractivity contribution in [2.24, 2.45) is 0 Å². The van der Waals surface area contributed by atoms with Gasteiger partial charge in [0.1, 0.15) is 0 Å². The maximum absolute atomic E-state index is 11.3. The molecule has 1 unspecified atom stereocenters. The van der Waals surface area contributed by atoms with Gasteiger partial charge in [0.25, 0.3) is 0 Å². The van der Waals surface area contributed by atoms with E-state index in [9.17, 15) is 4.79 Å². The number of hydrogen-bond donors (Lipinski definition) is 2. The molecule has 2 heterocycles. The van der Waals surface area contributed by atoms with Crippen LogP contribution in [0.15, 0.2) is 4.52 Å². The molecule has 88 valence electrons. The molecular weight excluding hydrogens is 208 g/mol. The summed E-state index contributed by atoms with van der Waals surface area (Å²) in [6.45, 7) is 3.08. The highest BCUT2D eigenvalue weighted by Gasteiger charge is 2.17. The van der Waals surface area contributed by atoms with Gasteiger partial charge in [0.15, 0.2) is 5.82 Å². The van der Waals surface area contributed by atoms with Gasteiger partial charge >= 0.3 is 0 Å². The number of nitrogens with zero attached hydrogens (tertiary/aromatic N) is 2.